The van der Waals surface area contributed by atoms with Crippen LogP contribution in [0.4, 0.5) is 13.2 Å². The number of nitrogens with zero attached hydrogens (tertiary/aromatic N) is 1. The van der Waals surface area contributed by atoms with E-state index in [1.165, 1.54) is 19.4 Å². The number of amides is 1. The average Bonchev–Trinajstić information content (AvgIpc) is 2.65. The fraction of sp³-hybridized carbons (Fsp3) is 0.263. The van der Waals surface area contributed by atoms with Gasteiger partial charge in [0, 0.05) is 29.9 Å². The van der Waals surface area contributed by atoms with Crippen molar-refractivity contribution in [3.63, 3.8) is 0 Å². The van der Waals surface area contributed by atoms with Gasteiger partial charge in [0.2, 0.25) is 11.8 Å². The topological polar surface area (TPSA) is 80.7 Å². The molecule has 0 spiro atoms. The van der Waals surface area contributed by atoms with Crippen molar-refractivity contribution in [3.8, 4) is 22.8 Å². The molecule has 2 aromatic rings. The third-order valence-electron chi connectivity index (χ3n) is 3.99. The lowest BCUT2D eigenvalue weighted by Gasteiger charge is -2.19. The lowest BCUT2D eigenvalue weighted by atomic mass is 9.94. The van der Waals surface area contributed by atoms with E-state index >= 15 is 0 Å². The van der Waals surface area contributed by atoms with Gasteiger partial charge in [-0.2, -0.15) is 0 Å². The molecule has 0 radical (unpaired) electrons. The van der Waals surface area contributed by atoms with E-state index in [-0.39, 0.29) is 19.1 Å². The van der Waals surface area contributed by atoms with Crippen LogP contribution in [0.3, 0.4) is 0 Å². The average molecular weight is 396 g/mol. The van der Waals surface area contributed by atoms with Gasteiger partial charge in [0.05, 0.1) is 13.7 Å². The number of ether oxygens (including phenoxy) is 2. The zero-order chi connectivity index (χ0) is 20.9. The zero-order valence-corrected chi connectivity index (χ0v) is 15.3. The molecule has 1 aromatic carbocycles. The summed E-state index contributed by atoms with van der Waals surface area (Å²) < 4.78 is 46.1. The van der Waals surface area contributed by atoms with E-state index in [1.807, 2.05) is 0 Å². The quantitative estimate of drug-likeness (QED) is 0.703. The lowest BCUT2D eigenvalue weighted by molar-refractivity contribution is -0.276. The molecule has 1 amide bonds. The molecule has 6 nitrogen and oxygen atoms in total. The van der Waals surface area contributed by atoms with E-state index < -0.39 is 12.2 Å². The number of rotatable bonds is 7. The predicted molar refractivity (Wildman–Crippen MR) is 95.6 cm³/mol. The van der Waals surface area contributed by atoms with Crippen LogP contribution in [-0.4, -0.2) is 29.5 Å². The molecule has 0 aliphatic heterocycles. The molecular weight excluding hydrogens is 377 g/mol. The standard InChI is InChI=1S/C19H19F3N2O4/c1-4-16(26)23-9-13-7-14(11(2)18(27-3)15(13)10-25)12-5-6-17(24-8-12)28-19(20,21)22/h4-8,25H,1,9-10H2,2-3H3,(H,23,26). The van der Waals surface area contributed by atoms with Crippen LogP contribution in [-0.2, 0) is 17.9 Å². The lowest BCUT2D eigenvalue weighted by Crippen LogP contribution is -2.21. The summed E-state index contributed by atoms with van der Waals surface area (Å²) in [6.07, 6.45) is -2.46. The highest BCUT2D eigenvalue weighted by atomic mass is 19.4. The Morgan fingerprint density at radius 2 is 2.11 bits per heavy atom. The van der Waals surface area contributed by atoms with Gasteiger partial charge in [-0.05, 0) is 41.8 Å². The van der Waals surface area contributed by atoms with Crippen molar-refractivity contribution in [1.82, 2.24) is 10.3 Å². The SMILES string of the molecule is C=CC(=O)NCc1cc(-c2ccc(OC(F)(F)F)nc2)c(C)c(OC)c1CO. The Kier molecular flexibility index (Phi) is 6.63. The Bertz CT molecular complexity index is 865. The summed E-state index contributed by atoms with van der Waals surface area (Å²) in [7, 11) is 1.44. The van der Waals surface area contributed by atoms with Gasteiger partial charge in [-0.25, -0.2) is 4.98 Å². The van der Waals surface area contributed by atoms with E-state index in [9.17, 15) is 23.1 Å². The van der Waals surface area contributed by atoms with Crippen molar-refractivity contribution >= 4 is 5.91 Å². The second-order valence-corrected chi connectivity index (χ2v) is 5.73. The molecule has 150 valence electrons. The predicted octanol–water partition coefficient (Wildman–Crippen LogP) is 3.26. The van der Waals surface area contributed by atoms with Gasteiger partial charge in [0.15, 0.2) is 0 Å². The minimum absolute atomic E-state index is 0.104. The largest absolute Gasteiger partial charge is 0.574 e. The maximum Gasteiger partial charge on any atom is 0.574 e. The molecule has 0 saturated carbocycles. The van der Waals surface area contributed by atoms with Crippen molar-refractivity contribution < 1.29 is 32.5 Å². The number of aromatic nitrogens is 1. The van der Waals surface area contributed by atoms with Gasteiger partial charge in [-0.15, -0.1) is 13.2 Å². The van der Waals surface area contributed by atoms with Crippen LogP contribution in [0.25, 0.3) is 11.1 Å². The van der Waals surface area contributed by atoms with Crippen LogP contribution in [0, 0.1) is 6.92 Å². The summed E-state index contributed by atoms with van der Waals surface area (Å²) in [4.78, 5) is 15.2. The Morgan fingerprint density at radius 3 is 2.61 bits per heavy atom. The number of nitrogens with one attached hydrogen (secondary N) is 1. The number of aliphatic hydroxyl groups is 1. The molecule has 9 heteroatoms. The number of hydrogen-bond acceptors (Lipinski definition) is 5. The monoisotopic (exact) mass is 396 g/mol. The Morgan fingerprint density at radius 1 is 1.39 bits per heavy atom. The summed E-state index contributed by atoms with van der Waals surface area (Å²) in [5.41, 5.74) is 2.90. The number of benzene rings is 1. The van der Waals surface area contributed by atoms with Gasteiger partial charge in [-0.1, -0.05) is 6.58 Å². The van der Waals surface area contributed by atoms with Crippen molar-refractivity contribution in [2.75, 3.05) is 7.11 Å². The van der Waals surface area contributed by atoms with Crippen LogP contribution in [0.15, 0.2) is 37.1 Å². The highest BCUT2D eigenvalue weighted by Crippen LogP contribution is 2.36. The van der Waals surface area contributed by atoms with Gasteiger partial charge < -0.3 is 19.9 Å². The number of aliphatic hydroxyl groups excluding tert-OH is 1. The molecule has 1 aromatic heterocycles. The van der Waals surface area contributed by atoms with E-state index in [2.05, 4.69) is 21.6 Å². The summed E-state index contributed by atoms with van der Waals surface area (Å²) in [5, 5.41) is 12.4. The van der Waals surface area contributed by atoms with Crippen molar-refractivity contribution in [2.45, 2.75) is 26.4 Å². The number of pyridine rings is 1. The first-order chi connectivity index (χ1) is 13.2. The van der Waals surface area contributed by atoms with Crippen LogP contribution in [0.5, 0.6) is 11.6 Å². The van der Waals surface area contributed by atoms with Gasteiger partial charge in [-0.3, -0.25) is 4.79 Å². The molecule has 0 bridgehead atoms. The van der Waals surface area contributed by atoms with Crippen molar-refractivity contribution in [1.29, 1.82) is 0 Å². The molecular formula is C19H19F3N2O4. The van der Waals surface area contributed by atoms with Crippen LogP contribution in [0.1, 0.15) is 16.7 Å². The maximum absolute atomic E-state index is 12.3. The summed E-state index contributed by atoms with van der Waals surface area (Å²) in [6.45, 7) is 4.91. The number of carbonyl (C=O) groups excluding carboxylic acids is 1. The fourth-order valence-electron chi connectivity index (χ4n) is 2.74. The third kappa shape index (κ3) is 5.01. The molecule has 0 atom stereocenters. The minimum Gasteiger partial charge on any atom is -0.496 e. The van der Waals surface area contributed by atoms with Gasteiger partial charge >= 0.3 is 6.36 Å². The van der Waals surface area contributed by atoms with Crippen molar-refractivity contribution in [2.24, 2.45) is 0 Å². The molecule has 0 aliphatic rings. The molecule has 2 rings (SSSR count). The molecule has 1 heterocycles. The second kappa shape index (κ2) is 8.75. The normalized spacial score (nSPS) is 11.1. The second-order valence-electron chi connectivity index (χ2n) is 5.73. The Hall–Kier alpha value is -3.07. The molecule has 2 N–H and O–H groups in total. The van der Waals surface area contributed by atoms with E-state index in [0.717, 1.165) is 12.1 Å². The highest BCUT2D eigenvalue weighted by Gasteiger charge is 2.31. The first-order valence-corrected chi connectivity index (χ1v) is 8.12. The van der Waals surface area contributed by atoms with Crippen molar-refractivity contribution in [3.05, 3.63) is 53.7 Å². The number of methoxy groups -OCH3 is 1. The minimum atomic E-state index is -4.83. The summed E-state index contributed by atoms with van der Waals surface area (Å²) in [5.74, 6) is -0.551. The molecule has 0 unspecified atom stereocenters. The number of halogens is 3. The third-order valence-corrected chi connectivity index (χ3v) is 3.99. The Labute approximate surface area is 159 Å². The summed E-state index contributed by atoms with van der Waals surface area (Å²) in [6, 6.07) is 4.25. The number of hydrogen-bond donors (Lipinski definition) is 2. The number of alkyl halides is 3. The van der Waals surface area contributed by atoms with Crippen LogP contribution >= 0.6 is 0 Å². The first kappa shape index (κ1) is 21.2. The zero-order valence-electron chi connectivity index (χ0n) is 15.3. The number of carbonyl (C=O) groups is 1. The smallest absolute Gasteiger partial charge is 0.496 e. The van der Waals surface area contributed by atoms with Crippen LogP contribution in [0.2, 0.25) is 0 Å². The first-order valence-electron chi connectivity index (χ1n) is 8.12. The van der Waals surface area contributed by atoms with E-state index in [4.69, 9.17) is 4.74 Å². The summed E-state index contributed by atoms with van der Waals surface area (Å²) >= 11 is 0. The van der Waals surface area contributed by atoms with Gasteiger partial charge in [0.1, 0.15) is 5.75 Å². The molecule has 0 fully saturated rings. The fourth-order valence-corrected chi connectivity index (χ4v) is 2.74. The maximum atomic E-state index is 12.3. The van der Waals surface area contributed by atoms with E-state index in [1.54, 1.807) is 13.0 Å². The molecule has 28 heavy (non-hydrogen) atoms. The molecule has 0 aliphatic carbocycles. The van der Waals surface area contributed by atoms with Crippen LogP contribution < -0.4 is 14.8 Å². The Balaban J connectivity index is 2.48. The van der Waals surface area contributed by atoms with E-state index in [0.29, 0.717) is 33.6 Å². The van der Waals surface area contributed by atoms with Gasteiger partial charge in [0.25, 0.3) is 0 Å². The molecule has 0 saturated heterocycles. The highest BCUT2D eigenvalue weighted by molar-refractivity contribution is 5.86.